The van der Waals surface area contributed by atoms with E-state index >= 15 is 0 Å². The molecule has 7 heteroatoms. The van der Waals surface area contributed by atoms with E-state index in [2.05, 4.69) is 5.32 Å². The molecular weight excluding hydrogens is 286 g/mol. The van der Waals surface area contributed by atoms with Crippen LogP contribution < -0.4 is 5.32 Å². The van der Waals surface area contributed by atoms with Gasteiger partial charge in [-0.2, -0.15) is 0 Å². The van der Waals surface area contributed by atoms with Crippen LogP contribution in [0.1, 0.15) is 13.8 Å². The van der Waals surface area contributed by atoms with Crippen LogP contribution >= 0.6 is 0 Å². The molecule has 0 aliphatic rings. The van der Waals surface area contributed by atoms with Crippen molar-refractivity contribution >= 4 is 25.4 Å². The molecule has 0 saturated heterocycles. The lowest BCUT2D eigenvalue weighted by molar-refractivity contribution is 0.593. The summed E-state index contributed by atoms with van der Waals surface area (Å²) in [5.41, 5.74) is 0.700. The molecule has 1 rings (SSSR count). The third-order valence-corrected chi connectivity index (χ3v) is 5.66. The Hall–Kier alpha value is -1.08. The summed E-state index contributed by atoms with van der Waals surface area (Å²) in [5, 5.41) is 3.04. The molecule has 5 nitrogen and oxygen atoms in total. The Morgan fingerprint density at radius 2 is 1.63 bits per heavy atom. The van der Waals surface area contributed by atoms with Crippen molar-refractivity contribution in [3.63, 3.8) is 0 Å². The molecule has 1 unspecified atom stereocenters. The summed E-state index contributed by atoms with van der Waals surface area (Å²) >= 11 is 0. The molecule has 0 aromatic heterocycles. The van der Waals surface area contributed by atoms with E-state index in [1.807, 2.05) is 0 Å². The quantitative estimate of drug-likeness (QED) is 0.857. The molecule has 0 heterocycles. The lowest BCUT2D eigenvalue weighted by Crippen LogP contribution is -2.26. The maximum absolute atomic E-state index is 11.5. The van der Waals surface area contributed by atoms with Crippen molar-refractivity contribution in [1.82, 2.24) is 0 Å². The number of benzene rings is 1. The summed E-state index contributed by atoms with van der Waals surface area (Å²) in [7, 11) is -6.23. The fraction of sp³-hybridized carbons (Fsp3) is 0.500. The third kappa shape index (κ3) is 5.20. The monoisotopic (exact) mass is 305 g/mol. The number of sulfone groups is 2. The molecule has 108 valence electrons. The minimum atomic E-state index is -3.20. The van der Waals surface area contributed by atoms with Crippen LogP contribution in [0.15, 0.2) is 29.2 Å². The first-order valence-electron chi connectivity index (χ1n) is 5.91. The molecule has 0 bridgehead atoms. The lowest BCUT2D eigenvalue weighted by atomic mass is 10.3. The third-order valence-electron chi connectivity index (χ3n) is 2.64. The molecule has 0 aliphatic carbocycles. The van der Waals surface area contributed by atoms with Crippen LogP contribution in [0.2, 0.25) is 0 Å². The summed E-state index contributed by atoms with van der Waals surface area (Å²) in [4.78, 5) is 0.242. The SMILES string of the molecule is CCS(=O)(=O)CC(C)Nc1ccc(S(C)(=O)=O)cc1. The van der Waals surface area contributed by atoms with Crippen molar-refractivity contribution in [2.45, 2.75) is 24.8 Å². The van der Waals surface area contributed by atoms with Gasteiger partial charge in [0.25, 0.3) is 0 Å². The van der Waals surface area contributed by atoms with Crippen molar-refractivity contribution in [3.8, 4) is 0 Å². The Morgan fingerprint density at radius 1 is 1.11 bits per heavy atom. The maximum atomic E-state index is 11.5. The highest BCUT2D eigenvalue weighted by Gasteiger charge is 2.13. The minimum Gasteiger partial charge on any atom is -0.382 e. The van der Waals surface area contributed by atoms with E-state index in [1.54, 1.807) is 26.0 Å². The van der Waals surface area contributed by atoms with Crippen LogP contribution in [0.25, 0.3) is 0 Å². The minimum absolute atomic E-state index is 0.0529. The molecule has 1 N–H and O–H groups in total. The standard InChI is InChI=1S/C12H19NO4S2/c1-4-19(16,17)9-10(2)13-11-5-7-12(8-6-11)18(3,14)15/h5-8,10,13H,4,9H2,1-3H3. The van der Waals surface area contributed by atoms with Gasteiger partial charge in [0.15, 0.2) is 19.7 Å². The van der Waals surface area contributed by atoms with E-state index in [0.717, 1.165) is 6.26 Å². The van der Waals surface area contributed by atoms with E-state index in [-0.39, 0.29) is 22.4 Å². The fourth-order valence-corrected chi connectivity index (χ4v) is 3.33. The Kier molecular flexibility index (Phi) is 4.98. The van der Waals surface area contributed by atoms with Crippen molar-refractivity contribution in [1.29, 1.82) is 0 Å². The highest BCUT2D eigenvalue weighted by molar-refractivity contribution is 7.91. The van der Waals surface area contributed by atoms with Gasteiger partial charge in [0.05, 0.1) is 10.6 Å². The molecular formula is C12H19NO4S2. The molecule has 0 amide bonds. The van der Waals surface area contributed by atoms with Crippen LogP contribution in [0, 0.1) is 0 Å². The van der Waals surface area contributed by atoms with E-state index in [1.165, 1.54) is 12.1 Å². The van der Waals surface area contributed by atoms with Gasteiger partial charge in [-0.3, -0.25) is 0 Å². The van der Waals surface area contributed by atoms with Crippen LogP contribution in [-0.4, -0.2) is 40.6 Å². The highest BCUT2D eigenvalue weighted by atomic mass is 32.2. The normalized spacial score (nSPS) is 14.1. The van der Waals surface area contributed by atoms with Crippen LogP contribution in [0.3, 0.4) is 0 Å². The second kappa shape index (κ2) is 5.92. The van der Waals surface area contributed by atoms with Gasteiger partial charge in [0.1, 0.15) is 0 Å². The lowest BCUT2D eigenvalue weighted by Gasteiger charge is -2.15. The molecule has 0 aliphatic heterocycles. The topological polar surface area (TPSA) is 80.3 Å². The first-order chi connectivity index (χ1) is 8.64. The summed E-state index contributed by atoms with van der Waals surface area (Å²) in [5.74, 6) is 0.170. The first kappa shape index (κ1) is 16.0. The van der Waals surface area contributed by atoms with Crippen molar-refractivity contribution < 1.29 is 16.8 Å². The van der Waals surface area contributed by atoms with Crippen LogP contribution in [0.5, 0.6) is 0 Å². The molecule has 0 saturated carbocycles. The van der Waals surface area contributed by atoms with Crippen LogP contribution in [0.4, 0.5) is 5.69 Å². The van der Waals surface area contributed by atoms with Crippen molar-refractivity contribution in [2.24, 2.45) is 0 Å². The highest BCUT2D eigenvalue weighted by Crippen LogP contribution is 2.15. The molecule has 0 spiro atoms. The van der Waals surface area contributed by atoms with E-state index in [4.69, 9.17) is 0 Å². The van der Waals surface area contributed by atoms with Gasteiger partial charge in [0.2, 0.25) is 0 Å². The molecule has 0 radical (unpaired) electrons. The van der Waals surface area contributed by atoms with Gasteiger partial charge < -0.3 is 5.32 Å². The van der Waals surface area contributed by atoms with Gasteiger partial charge >= 0.3 is 0 Å². The van der Waals surface area contributed by atoms with Gasteiger partial charge in [-0.1, -0.05) is 6.92 Å². The fourth-order valence-electron chi connectivity index (χ4n) is 1.62. The van der Waals surface area contributed by atoms with E-state index in [9.17, 15) is 16.8 Å². The smallest absolute Gasteiger partial charge is 0.175 e. The molecule has 1 aromatic rings. The molecule has 19 heavy (non-hydrogen) atoms. The summed E-state index contributed by atoms with van der Waals surface area (Å²) in [6.07, 6.45) is 1.14. The molecule has 0 fully saturated rings. The zero-order valence-corrected chi connectivity index (χ0v) is 12.9. The Morgan fingerprint density at radius 3 is 2.05 bits per heavy atom. The summed E-state index contributed by atoms with van der Waals surface area (Å²) < 4.78 is 45.5. The van der Waals surface area contributed by atoms with Crippen molar-refractivity contribution in [2.75, 3.05) is 23.1 Å². The second-order valence-electron chi connectivity index (χ2n) is 4.54. The first-order valence-corrected chi connectivity index (χ1v) is 9.62. The maximum Gasteiger partial charge on any atom is 0.175 e. The van der Waals surface area contributed by atoms with E-state index < -0.39 is 19.7 Å². The Labute approximate surface area is 114 Å². The largest absolute Gasteiger partial charge is 0.382 e. The van der Waals surface area contributed by atoms with Crippen LogP contribution in [-0.2, 0) is 19.7 Å². The number of anilines is 1. The predicted molar refractivity (Wildman–Crippen MR) is 77.0 cm³/mol. The zero-order valence-electron chi connectivity index (χ0n) is 11.3. The van der Waals surface area contributed by atoms with E-state index in [0.29, 0.717) is 5.69 Å². The number of nitrogens with one attached hydrogen (secondary N) is 1. The van der Waals surface area contributed by atoms with Gasteiger partial charge in [-0.05, 0) is 31.2 Å². The average molecular weight is 305 g/mol. The zero-order chi connectivity index (χ0) is 14.7. The average Bonchev–Trinajstić information content (AvgIpc) is 2.27. The van der Waals surface area contributed by atoms with Gasteiger partial charge in [0, 0.05) is 23.7 Å². The summed E-state index contributed by atoms with van der Waals surface area (Å²) in [6, 6.07) is 6.03. The Bertz CT molecular complexity index is 618. The van der Waals surface area contributed by atoms with Crippen molar-refractivity contribution in [3.05, 3.63) is 24.3 Å². The van der Waals surface area contributed by atoms with Gasteiger partial charge in [-0.15, -0.1) is 0 Å². The number of hydrogen-bond donors (Lipinski definition) is 1. The summed E-state index contributed by atoms with van der Waals surface area (Å²) in [6.45, 7) is 3.39. The molecule has 1 aromatic carbocycles. The number of rotatable bonds is 6. The predicted octanol–water partition coefficient (Wildman–Crippen LogP) is 1.33. The molecule has 1 atom stereocenters. The Balaban J connectivity index is 2.74. The second-order valence-corrected chi connectivity index (χ2v) is 8.95. The van der Waals surface area contributed by atoms with Gasteiger partial charge in [-0.25, -0.2) is 16.8 Å². The number of hydrogen-bond acceptors (Lipinski definition) is 5.